The maximum atomic E-state index is 11.8. The summed E-state index contributed by atoms with van der Waals surface area (Å²) in [5.74, 6) is -0.938. The zero-order valence-electron chi connectivity index (χ0n) is 14.0. The number of aromatic amines is 1. The minimum atomic E-state index is -1.31. The molecule has 0 saturated heterocycles. The SMILES string of the molecule is O=C(CCCCC([S-])CC[S-])N[C@@H](Cc1cnc[nH]1)C(=O)[O-].[Na+].[Zn+2]. The first-order valence-electron chi connectivity index (χ1n) is 7.24. The average Bonchev–Trinajstić information content (AvgIpc) is 2.96. The summed E-state index contributed by atoms with van der Waals surface area (Å²) in [6, 6.07) is -1.06. The average molecular weight is 431 g/mol. The van der Waals surface area contributed by atoms with Crippen molar-refractivity contribution in [1.29, 1.82) is 0 Å². The second-order valence-electron chi connectivity index (χ2n) is 5.08. The van der Waals surface area contributed by atoms with Crippen LogP contribution in [0.3, 0.4) is 0 Å². The predicted molar refractivity (Wildman–Crippen MR) is 85.7 cm³/mol. The number of nitrogens with one attached hydrogen (secondary N) is 2. The molecule has 0 spiro atoms. The van der Waals surface area contributed by atoms with Gasteiger partial charge in [0.05, 0.1) is 18.3 Å². The first-order chi connectivity index (χ1) is 10.5. The fourth-order valence-electron chi connectivity index (χ4n) is 2.01. The van der Waals surface area contributed by atoms with Gasteiger partial charge in [0.15, 0.2) is 0 Å². The summed E-state index contributed by atoms with van der Waals surface area (Å²) < 4.78 is 0. The van der Waals surface area contributed by atoms with Crippen LogP contribution in [0.5, 0.6) is 0 Å². The molecule has 0 bridgehead atoms. The number of hydrogen-bond acceptors (Lipinski definition) is 6. The van der Waals surface area contributed by atoms with Crippen molar-refractivity contribution >= 4 is 37.1 Å². The zero-order valence-corrected chi connectivity index (χ0v) is 20.6. The third kappa shape index (κ3) is 11.9. The molecule has 10 heteroatoms. The van der Waals surface area contributed by atoms with Crippen molar-refractivity contribution < 1.29 is 63.7 Å². The summed E-state index contributed by atoms with van der Waals surface area (Å²) in [5.41, 5.74) is 0.632. The van der Waals surface area contributed by atoms with E-state index in [4.69, 9.17) is 25.3 Å². The van der Waals surface area contributed by atoms with E-state index in [9.17, 15) is 14.7 Å². The van der Waals surface area contributed by atoms with E-state index in [1.165, 1.54) is 12.5 Å². The van der Waals surface area contributed by atoms with Gasteiger partial charge in [0.2, 0.25) is 5.91 Å². The van der Waals surface area contributed by atoms with E-state index in [1.54, 1.807) is 0 Å². The fraction of sp³-hybridized carbons (Fsp3) is 0.643. The number of rotatable bonds is 11. The van der Waals surface area contributed by atoms with E-state index < -0.39 is 12.0 Å². The quantitative estimate of drug-likeness (QED) is 0.216. The first kappa shape index (κ1) is 26.7. The van der Waals surface area contributed by atoms with Gasteiger partial charge in [-0.05, 0) is 6.42 Å². The number of aromatic nitrogens is 2. The van der Waals surface area contributed by atoms with Gasteiger partial charge in [0.25, 0.3) is 0 Å². The third-order valence-corrected chi connectivity index (χ3v) is 3.93. The number of amides is 1. The molecule has 1 aromatic rings. The van der Waals surface area contributed by atoms with Crippen molar-refractivity contribution in [2.45, 2.75) is 49.8 Å². The Labute approximate surface area is 188 Å². The molecule has 0 aliphatic carbocycles. The minimum Gasteiger partial charge on any atom is -0.793 e. The van der Waals surface area contributed by atoms with Crippen LogP contribution < -0.4 is 40.0 Å². The molecule has 1 amide bonds. The van der Waals surface area contributed by atoms with E-state index in [-0.39, 0.29) is 73.0 Å². The van der Waals surface area contributed by atoms with E-state index in [2.05, 4.69) is 15.3 Å². The number of carbonyl (C=O) groups excluding carboxylic acids is 2. The summed E-state index contributed by atoms with van der Waals surface area (Å²) in [5, 5.41) is 13.7. The molecule has 124 valence electrons. The summed E-state index contributed by atoms with van der Waals surface area (Å²) in [6.07, 6.45) is 6.60. The van der Waals surface area contributed by atoms with Gasteiger partial charge in [-0.1, -0.05) is 19.3 Å². The van der Waals surface area contributed by atoms with Crippen molar-refractivity contribution in [1.82, 2.24) is 15.3 Å². The predicted octanol–water partition coefficient (Wildman–Crippen LogP) is -3.40. The third-order valence-electron chi connectivity index (χ3n) is 3.22. The molecule has 0 saturated carbocycles. The monoisotopic (exact) mass is 429 g/mol. The molecule has 6 nitrogen and oxygen atoms in total. The second kappa shape index (κ2) is 15.7. The number of carbonyl (C=O) groups is 2. The molecule has 2 N–H and O–H groups in total. The molecule has 1 aromatic heterocycles. The Hall–Kier alpha value is 0.473. The standard InChI is InChI=1S/C14H23N3O3S2.Na.Zn/c18-13(4-2-1-3-11(22)5-6-21)17-12(14(19)20)7-10-8-15-9-16-10;;/h8-9,11-12,21-22H,1-7H2,(H,15,16)(H,17,18)(H,19,20);;/q;+1;+2/p-3/t11?,12-;;/m0../s1. The molecule has 0 aliphatic heterocycles. The molecule has 2 atom stereocenters. The number of carboxylic acid groups (broad SMARTS) is 1. The second-order valence-corrected chi connectivity index (χ2v) is 6.16. The van der Waals surface area contributed by atoms with Crippen LogP contribution in [0.1, 0.15) is 37.8 Å². The summed E-state index contributed by atoms with van der Waals surface area (Å²) in [4.78, 5) is 29.5. The molecule has 0 radical (unpaired) electrons. The van der Waals surface area contributed by atoms with Gasteiger partial charge in [-0.15, -0.1) is 0 Å². The fourth-order valence-corrected chi connectivity index (χ4v) is 2.73. The topological polar surface area (TPSA) is 97.9 Å². The van der Waals surface area contributed by atoms with Crippen LogP contribution in [0.4, 0.5) is 0 Å². The number of carboxylic acids is 1. The van der Waals surface area contributed by atoms with Gasteiger partial charge >= 0.3 is 49.0 Å². The summed E-state index contributed by atoms with van der Waals surface area (Å²) in [7, 11) is 0. The summed E-state index contributed by atoms with van der Waals surface area (Å²) in [6.45, 7) is 0. The van der Waals surface area contributed by atoms with Crippen molar-refractivity contribution in [3.8, 4) is 0 Å². The number of imidazole rings is 1. The van der Waals surface area contributed by atoms with Gasteiger partial charge in [-0.25, -0.2) is 4.98 Å². The number of nitrogens with zero attached hydrogens (tertiary/aromatic N) is 1. The molecular formula is C14H20N3NaO3S2Zn. The van der Waals surface area contributed by atoms with Crippen LogP contribution in [-0.4, -0.2) is 38.9 Å². The van der Waals surface area contributed by atoms with Crippen LogP contribution >= 0.6 is 0 Å². The Morgan fingerprint density at radius 2 is 2.04 bits per heavy atom. The largest absolute Gasteiger partial charge is 2.00 e. The zero-order chi connectivity index (χ0) is 16.4. The van der Waals surface area contributed by atoms with Crippen LogP contribution in [0.25, 0.3) is 0 Å². The molecule has 0 aromatic carbocycles. The smallest absolute Gasteiger partial charge is 0.793 e. The number of hydrogen-bond donors (Lipinski definition) is 2. The molecule has 0 aliphatic rings. The summed E-state index contributed by atoms with van der Waals surface area (Å²) >= 11 is 10.1. The van der Waals surface area contributed by atoms with Gasteiger partial charge in [-0.2, -0.15) is 11.0 Å². The van der Waals surface area contributed by atoms with Gasteiger partial charge in [0.1, 0.15) is 0 Å². The Balaban J connectivity index is 0. The first-order valence-corrected chi connectivity index (χ1v) is 8.29. The Kier molecular flexibility index (Phi) is 17.5. The molecular weight excluding hydrogens is 411 g/mol. The maximum absolute atomic E-state index is 11.8. The van der Waals surface area contributed by atoms with E-state index in [1.807, 2.05) is 0 Å². The van der Waals surface area contributed by atoms with Crippen molar-refractivity contribution in [2.24, 2.45) is 0 Å². The van der Waals surface area contributed by atoms with Crippen LogP contribution in [-0.2, 0) is 60.7 Å². The number of unbranched alkanes of at least 4 members (excludes halogenated alkanes) is 1. The van der Waals surface area contributed by atoms with Crippen molar-refractivity contribution in [3.05, 3.63) is 18.2 Å². The van der Waals surface area contributed by atoms with Crippen LogP contribution in [0, 0.1) is 0 Å². The molecule has 1 heterocycles. The Morgan fingerprint density at radius 1 is 1.33 bits per heavy atom. The molecule has 1 rings (SSSR count). The van der Waals surface area contributed by atoms with Crippen LogP contribution in [0.2, 0.25) is 0 Å². The van der Waals surface area contributed by atoms with Crippen molar-refractivity contribution in [3.63, 3.8) is 0 Å². The molecule has 0 fully saturated rings. The minimum absolute atomic E-state index is 0. The number of H-pyrrole nitrogens is 1. The van der Waals surface area contributed by atoms with Gasteiger partial charge in [0, 0.05) is 24.7 Å². The Morgan fingerprint density at radius 3 is 2.58 bits per heavy atom. The molecule has 1 unspecified atom stereocenters. The maximum Gasteiger partial charge on any atom is 2.00 e. The van der Waals surface area contributed by atoms with Gasteiger partial charge < -0.3 is 45.5 Å². The van der Waals surface area contributed by atoms with E-state index in [0.29, 0.717) is 17.9 Å². The molecule has 24 heavy (non-hydrogen) atoms. The normalized spacial score (nSPS) is 12.4. The van der Waals surface area contributed by atoms with E-state index in [0.717, 1.165) is 19.3 Å². The van der Waals surface area contributed by atoms with Crippen LogP contribution in [0.15, 0.2) is 12.5 Å². The van der Waals surface area contributed by atoms with Crippen molar-refractivity contribution in [2.75, 3.05) is 5.75 Å². The Bertz CT molecular complexity index is 466. The van der Waals surface area contributed by atoms with Gasteiger partial charge in [-0.3, -0.25) is 4.79 Å². The number of aliphatic carboxylic acids is 1. The van der Waals surface area contributed by atoms with E-state index >= 15 is 0 Å².